The normalized spacial score (nSPS) is 11.8. The summed E-state index contributed by atoms with van der Waals surface area (Å²) in [7, 11) is 0. The molecule has 7 nitrogen and oxygen atoms in total. The van der Waals surface area contributed by atoms with Gasteiger partial charge in [-0.3, -0.25) is 9.36 Å². The van der Waals surface area contributed by atoms with Crippen molar-refractivity contribution in [2.24, 2.45) is 0 Å². The molecule has 5 rings (SSSR count). The minimum Gasteiger partial charge on any atom is -0.406 e. The average Bonchev–Trinajstić information content (AvgIpc) is 3.21. The molecule has 0 radical (unpaired) electrons. The van der Waals surface area contributed by atoms with Crippen LogP contribution in [0.3, 0.4) is 0 Å². The van der Waals surface area contributed by atoms with Gasteiger partial charge in [-0.1, -0.05) is 30.3 Å². The second-order valence-electron chi connectivity index (χ2n) is 6.59. The van der Waals surface area contributed by atoms with Crippen molar-refractivity contribution in [1.29, 1.82) is 0 Å². The van der Waals surface area contributed by atoms with E-state index in [1.54, 1.807) is 6.07 Å². The number of alkyl halides is 3. The second-order valence-corrected chi connectivity index (χ2v) is 6.59. The smallest absolute Gasteiger partial charge is 0.406 e. The van der Waals surface area contributed by atoms with Gasteiger partial charge in [0.15, 0.2) is 0 Å². The molecule has 0 saturated carbocycles. The zero-order valence-corrected chi connectivity index (χ0v) is 15.6. The van der Waals surface area contributed by atoms with Crippen LogP contribution in [-0.2, 0) is 0 Å². The third-order valence-electron chi connectivity index (χ3n) is 4.66. The molecule has 0 bridgehead atoms. The van der Waals surface area contributed by atoms with Gasteiger partial charge in [0.05, 0.1) is 16.6 Å². The highest BCUT2D eigenvalue weighted by atomic mass is 19.4. The van der Waals surface area contributed by atoms with Crippen molar-refractivity contribution in [3.8, 4) is 22.7 Å². The average molecular weight is 423 g/mol. The van der Waals surface area contributed by atoms with Crippen LogP contribution in [0.15, 0.2) is 78.0 Å². The quantitative estimate of drug-likeness (QED) is 0.439. The Kier molecular flexibility index (Phi) is 4.21. The molecule has 0 N–H and O–H groups in total. The van der Waals surface area contributed by atoms with Crippen LogP contribution in [0.4, 0.5) is 13.2 Å². The van der Waals surface area contributed by atoms with Gasteiger partial charge in [-0.05, 0) is 30.3 Å². The van der Waals surface area contributed by atoms with Crippen LogP contribution in [0, 0.1) is 0 Å². The molecule has 0 fully saturated rings. The summed E-state index contributed by atoms with van der Waals surface area (Å²) in [6, 6.07) is 15.9. The van der Waals surface area contributed by atoms with Crippen molar-refractivity contribution in [2.45, 2.75) is 6.36 Å². The van der Waals surface area contributed by atoms with Gasteiger partial charge in [-0.2, -0.15) is 14.6 Å². The maximum atomic E-state index is 13.5. The SMILES string of the molecule is O=c1c2c(-c3ccccc3)n3ncnc3nc2ccn1-c1ccc(OC(F)(F)F)cc1. The molecule has 0 atom stereocenters. The number of hydrogen-bond donors (Lipinski definition) is 0. The highest BCUT2D eigenvalue weighted by Crippen LogP contribution is 2.27. The van der Waals surface area contributed by atoms with Crippen LogP contribution in [0.5, 0.6) is 5.75 Å². The van der Waals surface area contributed by atoms with Gasteiger partial charge in [-0.15, -0.1) is 13.2 Å². The Morgan fingerprint density at radius 3 is 2.39 bits per heavy atom. The number of benzene rings is 2. The van der Waals surface area contributed by atoms with Crippen molar-refractivity contribution in [2.75, 3.05) is 0 Å². The summed E-state index contributed by atoms with van der Waals surface area (Å²) in [5, 5.41) is 4.51. The topological polar surface area (TPSA) is 74.3 Å². The van der Waals surface area contributed by atoms with Crippen molar-refractivity contribution >= 4 is 16.7 Å². The van der Waals surface area contributed by atoms with Crippen molar-refractivity contribution in [3.05, 3.63) is 83.5 Å². The molecule has 0 aliphatic heterocycles. The van der Waals surface area contributed by atoms with E-state index in [2.05, 4.69) is 19.8 Å². The molecule has 0 amide bonds. The first-order valence-corrected chi connectivity index (χ1v) is 9.07. The second kappa shape index (κ2) is 6.94. The fourth-order valence-electron chi connectivity index (χ4n) is 3.40. The Hall–Kier alpha value is -4.21. The van der Waals surface area contributed by atoms with Crippen LogP contribution in [0.1, 0.15) is 0 Å². The molecule has 0 unspecified atom stereocenters. The molecule has 0 aliphatic rings. The summed E-state index contributed by atoms with van der Waals surface area (Å²) in [5.74, 6) is -0.0294. The van der Waals surface area contributed by atoms with Gasteiger partial charge < -0.3 is 4.74 Å². The Labute approximate surface area is 172 Å². The molecule has 5 aromatic rings. The van der Waals surface area contributed by atoms with Gasteiger partial charge in [0.25, 0.3) is 11.3 Å². The van der Waals surface area contributed by atoms with Crippen LogP contribution >= 0.6 is 0 Å². The predicted molar refractivity (Wildman–Crippen MR) is 106 cm³/mol. The molecular weight excluding hydrogens is 411 g/mol. The summed E-state index contributed by atoms with van der Waals surface area (Å²) in [5.41, 5.74) is 1.67. The van der Waals surface area contributed by atoms with Crippen LogP contribution in [-0.4, -0.2) is 30.5 Å². The Morgan fingerprint density at radius 2 is 1.68 bits per heavy atom. The van der Waals surface area contributed by atoms with E-state index in [0.717, 1.165) is 17.7 Å². The summed E-state index contributed by atoms with van der Waals surface area (Å²) in [4.78, 5) is 22.0. The monoisotopic (exact) mass is 423 g/mol. The lowest BCUT2D eigenvalue weighted by Crippen LogP contribution is -2.20. The predicted octanol–water partition coefficient (Wildman–Crippen LogP) is 3.99. The van der Waals surface area contributed by atoms with Gasteiger partial charge in [0.2, 0.25) is 0 Å². The lowest BCUT2D eigenvalue weighted by atomic mass is 10.1. The minimum atomic E-state index is -4.79. The highest BCUT2D eigenvalue weighted by Gasteiger charge is 2.31. The third kappa shape index (κ3) is 3.37. The van der Waals surface area contributed by atoms with Gasteiger partial charge in [-0.25, -0.2) is 4.98 Å². The third-order valence-corrected chi connectivity index (χ3v) is 4.66. The van der Waals surface area contributed by atoms with E-state index in [1.807, 2.05) is 30.3 Å². The standard InChI is InChI=1S/C21H12F3N5O2/c22-21(23,24)31-15-8-6-14(7-9-15)28-11-10-16-17(19(28)30)18(13-4-2-1-3-5-13)29-20(27-16)25-12-26-29/h1-12H. The van der Waals surface area contributed by atoms with Gasteiger partial charge >= 0.3 is 6.36 Å². The van der Waals surface area contributed by atoms with Crippen molar-refractivity contribution < 1.29 is 17.9 Å². The minimum absolute atomic E-state index is 0.308. The zero-order chi connectivity index (χ0) is 21.6. The molecule has 0 spiro atoms. The highest BCUT2D eigenvalue weighted by molar-refractivity contribution is 5.93. The van der Waals surface area contributed by atoms with Gasteiger partial charge in [0.1, 0.15) is 12.1 Å². The molecule has 0 aliphatic carbocycles. The summed E-state index contributed by atoms with van der Waals surface area (Å²) >= 11 is 0. The van der Waals surface area contributed by atoms with E-state index in [1.165, 1.54) is 33.7 Å². The molecule has 3 aromatic heterocycles. The van der Waals surface area contributed by atoms with Crippen molar-refractivity contribution in [1.82, 2.24) is 24.1 Å². The molecule has 31 heavy (non-hydrogen) atoms. The molecular formula is C21H12F3N5O2. The number of pyridine rings is 1. The van der Waals surface area contributed by atoms with Crippen LogP contribution in [0.25, 0.3) is 33.6 Å². The summed E-state index contributed by atoms with van der Waals surface area (Å²) < 4.78 is 44.0. The number of hydrogen-bond acceptors (Lipinski definition) is 5. The maximum Gasteiger partial charge on any atom is 0.573 e. The van der Waals surface area contributed by atoms with E-state index in [0.29, 0.717) is 28.1 Å². The first-order valence-electron chi connectivity index (χ1n) is 9.07. The fraction of sp³-hybridized carbons (Fsp3) is 0.0476. The largest absolute Gasteiger partial charge is 0.573 e. The summed E-state index contributed by atoms with van der Waals surface area (Å²) in [6.07, 6.45) is -1.93. The maximum absolute atomic E-state index is 13.5. The number of aromatic nitrogens is 5. The fourth-order valence-corrected chi connectivity index (χ4v) is 3.40. The van der Waals surface area contributed by atoms with Crippen LogP contribution < -0.4 is 10.3 Å². The first-order chi connectivity index (χ1) is 14.9. The molecule has 10 heteroatoms. The van der Waals surface area contributed by atoms with Crippen molar-refractivity contribution in [3.63, 3.8) is 0 Å². The van der Waals surface area contributed by atoms with E-state index >= 15 is 0 Å². The van der Waals surface area contributed by atoms with E-state index in [4.69, 9.17) is 0 Å². The van der Waals surface area contributed by atoms with E-state index in [-0.39, 0.29) is 5.75 Å². The summed E-state index contributed by atoms with van der Waals surface area (Å²) in [6.45, 7) is 0. The molecule has 3 heterocycles. The number of nitrogens with zero attached hydrogens (tertiary/aromatic N) is 5. The number of fused-ring (bicyclic) bond motifs is 2. The van der Waals surface area contributed by atoms with Crippen LogP contribution in [0.2, 0.25) is 0 Å². The lowest BCUT2D eigenvalue weighted by Gasteiger charge is -2.12. The molecule has 154 valence electrons. The molecule has 0 saturated heterocycles. The number of halogens is 3. The molecule has 2 aromatic carbocycles. The number of ether oxygens (including phenoxy) is 1. The zero-order valence-electron chi connectivity index (χ0n) is 15.6. The van der Waals surface area contributed by atoms with E-state index in [9.17, 15) is 18.0 Å². The first kappa shape index (κ1) is 18.8. The lowest BCUT2D eigenvalue weighted by molar-refractivity contribution is -0.274. The number of rotatable bonds is 3. The Morgan fingerprint density at radius 1 is 0.935 bits per heavy atom. The Balaban J connectivity index is 1.73. The van der Waals surface area contributed by atoms with E-state index < -0.39 is 11.9 Å². The Bertz CT molecular complexity index is 1460. The van der Waals surface area contributed by atoms with Gasteiger partial charge in [0, 0.05) is 17.4 Å².